The van der Waals surface area contributed by atoms with Gasteiger partial charge in [-0.05, 0) is 22.9 Å². The molecule has 0 aromatic heterocycles. The second-order valence-electron chi connectivity index (χ2n) is 5.89. The third-order valence-corrected chi connectivity index (χ3v) is 8.24. The van der Waals surface area contributed by atoms with E-state index < -0.39 is 7.14 Å². The molecule has 25 heavy (non-hydrogen) atoms. The van der Waals surface area contributed by atoms with Gasteiger partial charge in [0.1, 0.15) is 0 Å². The fraction of sp³-hybridized carbons (Fsp3) is 0. The molecule has 0 fully saturated rings. The summed E-state index contributed by atoms with van der Waals surface area (Å²) in [5.41, 5.74) is 0. The van der Waals surface area contributed by atoms with Gasteiger partial charge in [-0.1, -0.05) is 101 Å². The maximum absolute atomic E-state index is 14.5. The lowest BCUT2D eigenvalue weighted by Gasteiger charge is -2.22. The van der Waals surface area contributed by atoms with Gasteiger partial charge in [0, 0.05) is 20.4 Å². The summed E-state index contributed by atoms with van der Waals surface area (Å²) in [6.45, 7) is 0. The molecule has 0 amide bonds. The summed E-state index contributed by atoms with van der Waals surface area (Å²) in [4.78, 5) is 0. The Kier molecular flexibility index (Phi) is 4.33. The van der Waals surface area contributed by atoms with Crippen LogP contribution in [0.1, 0.15) is 0 Å². The van der Waals surface area contributed by atoms with Crippen LogP contribution >= 0.6 is 23.1 Å². The normalized spacial score (nSPS) is 11.6. The van der Waals surface area contributed by atoms with Crippen molar-refractivity contribution >= 4 is 49.8 Å². The largest absolute Gasteiger partial charge is 0.309 e. The minimum Gasteiger partial charge on any atom is -0.309 e. The zero-order valence-electron chi connectivity index (χ0n) is 13.5. The smallest absolute Gasteiger partial charge is 0.171 e. The van der Waals surface area contributed by atoms with Gasteiger partial charge >= 0.3 is 0 Å². The number of rotatable bonds is 3. The molecule has 122 valence electrons. The Hall–Kier alpha value is -2.15. The average Bonchev–Trinajstić information content (AvgIpc) is 2.69. The van der Waals surface area contributed by atoms with Gasteiger partial charge in [0.15, 0.2) is 7.14 Å². The molecule has 4 rings (SSSR count). The zero-order valence-corrected chi connectivity index (χ0v) is 16.0. The summed E-state index contributed by atoms with van der Waals surface area (Å²) in [5.74, 6) is 0. The molecule has 0 saturated heterocycles. The fourth-order valence-electron chi connectivity index (χ4n) is 3.22. The molecule has 3 heteroatoms. The predicted octanol–water partition coefficient (Wildman–Crippen LogP) is 5.24. The van der Waals surface area contributed by atoms with Gasteiger partial charge in [-0.3, -0.25) is 0 Å². The van der Waals surface area contributed by atoms with Gasteiger partial charge in [-0.25, -0.2) is 0 Å². The third kappa shape index (κ3) is 2.76. The van der Waals surface area contributed by atoms with Gasteiger partial charge in [0.05, 0.1) is 0 Å². The van der Waals surface area contributed by atoms with E-state index >= 15 is 0 Å². The maximum atomic E-state index is 14.5. The highest BCUT2D eigenvalue weighted by Gasteiger charge is 2.31. The van der Waals surface area contributed by atoms with Crippen molar-refractivity contribution < 1.29 is 4.57 Å². The van der Waals surface area contributed by atoms with E-state index in [0.717, 1.165) is 31.2 Å². The molecule has 1 nitrogen and oxygen atoms in total. The number of hydrogen-bond acceptors (Lipinski definition) is 1. The van der Waals surface area contributed by atoms with E-state index in [1.807, 2.05) is 91.0 Å². The van der Waals surface area contributed by atoms with E-state index in [9.17, 15) is 4.57 Å². The third-order valence-electron chi connectivity index (χ3n) is 4.43. The van der Waals surface area contributed by atoms with Crippen LogP contribution in [0, 0.1) is 0 Å². The first-order chi connectivity index (χ1) is 12.2. The molecule has 0 unspecified atom stereocenters. The fourth-order valence-corrected chi connectivity index (χ4v) is 6.56. The number of benzene rings is 4. The van der Waals surface area contributed by atoms with Gasteiger partial charge in [-0.2, -0.15) is 0 Å². The Balaban J connectivity index is 2.11. The molecule has 0 saturated carbocycles. The molecule has 0 bridgehead atoms. The molecule has 0 atom stereocenters. The predicted molar refractivity (Wildman–Crippen MR) is 111 cm³/mol. The van der Waals surface area contributed by atoms with E-state index in [0.29, 0.717) is 0 Å². The molecular formula is C22H16BrOP. The number of hydrogen-bond donors (Lipinski definition) is 0. The van der Waals surface area contributed by atoms with Gasteiger partial charge in [0.2, 0.25) is 0 Å². The molecule has 0 aliphatic rings. The number of halogens is 1. The molecule has 0 N–H and O–H groups in total. The van der Waals surface area contributed by atoms with E-state index in [1.165, 1.54) is 0 Å². The Bertz CT molecular complexity index is 1030. The van der Waals surface area contributed by atoms with Crippen molar-refractivity contribution in [3.05, 3.63) is 102 Å². The lowest BCUT2D eigenvalue weighted by Crippen LogP contribution is -2.25. The summed E-state index contributed by atoms with van der Waals surface area (Å²) in [5, 5.41) is 4.69. The Morgan fingerprint density at radius 1 is 0.560 bits per heavy atom. The monoisotopic (exact) mass is 406 g/mol. The average molecular weight is 407 g/mol. The van der Waals surface area contributed by atoms with Crippen LogP contribution in [0.25, 0.3) is 10.8 Å². The quantitative estimate of drug-likeness (QED) is 0.425. The number of fused-ring (bicyclic) bond motifs is 1. The van der Waals surface area contributed by atoms with Gasteiger partial charge in [0.25, 0.3) is 0 Å². The van der Waals surface area contributed by atoms with E-state index in [1.54, 1.807) is 0 Å². The van der Waals surface area contributed by atoms with Crippen LogP contribution in [-0.4, -0.2) is 0 Å². The molecule has 0 aliphatic carbocycles. The first kappa shape index (κ1) is 16.3. The van der Waals surface area contributed by atoms with Crippen LogP contribution in [0.4, 0.5) is 0 Å². The lowest BCUT2D eigenvalue weighted by atomic mass is 10.1. The lowest BCUT2D eigenvalue weighted by molar-refractivity contribution is 0.592. The molecule has 0 heterocycles. The minimum atomic E-state index is -2.96. The first-order valence-corrected chi connectivity index (χ1v) is 10.6. The van der Waals surface area contributed by atoms with E-state index in [2.05, 4.69) is 22.0 Å². The van der Waals surface area contributed by atoms with Crippen molar-refractivity contribution in [3.63, 3.8) is 0 Å². The molecular weight excluding hydrogens is 391 g/mol. The second-order valence-corrected chi connectivity index (χ2v) is 9.48. The summed E-state index contributed by atoms with van der Waals surface area (Å²) in [6.07, 6.45) is 0. The van der Waals surface area contributed by atoms with Crippen LogP contribution < -0.4 is 15.9 Å². The minimum absolute atomic E-state index is 0.855. The van der Waals surface area contributed by atoms with Crippen LogP contribution in [0.5, 0.6) is 0 Å². The molecule has 4 aromatic carbocycles. The van der Waals surface area contributed by atoms with Crippen LogP contribution in [0.3, 0.4) is 0 Å². The van der Waals surface area contributed by atoms with Crippen molar-refractivity contribution in [3.8, 4) is 0 Å². The van der Waals surface area contributed by atoms with Crippen molar-refractivity contribution in [1.29, 1.82) is 0 Å². The highest BCUT2D eigenvalue weighted by molar-refractivity contribution is 9.10. The van der Waals surface area contributed by atoms with Crippen molar-refractivity contribution in [2.75, 3.05) is 0 Å². The van der Waals surface area contributed by atoms with Crippen molar-refractivity contribution in [1.82, 2.24) is 0 Å². The molecule has 0 radical (unpaired) electrons. The Morgan fingerprint density at radius 2 is 1.04 bits per heavy atom. The summed E-state index contributed by atoms with van der Waals surface area (Å²) < 4.78 is 15.5. The highest BCUT2D eigenvalue weighted by atomic mass is 79.9. The molecule has 4 aromatic rings. The standard InChI is InChI=1S/C22H16BrOP/c23-21-15-16-22(20-14-8-7-13-19(20)21)25(24,17-9-3-1-4-10-17)18-11-5-2-6-12-18/h1-16H. The molecule has 0 aliphatic heterocycles. The second kappa shape index (κ2) is 6.63. The summed E-state index contributed by atoms with van der Waals surface area (Å²) >= 11 is 3.62. The maximum Gasteiger partial charge on any atom is 0.171 e. The zero-order chi connectivity index (χ0) is 17.3. The van der Waals surface area contributed by atoms with E-state index in [-0.39, 0.29) is 0 Å². The van der Waals surface area contributed by atoms with Gasteiger partial charge < -0.3 is 4.57 Å². The molecule has 0 spiro atoms. The van der Waals surface area contributed by atoms with Gasteiger partial charge in [-0.15, -0.1) is 0 Å². The first-order valence-electron chi connectivity index (χ1n) is 8.10. The summed E-state index contributed by atoms with van der Waals surface area (Å²) in [7, 11) is -2.96. The topological polar surface area (TPSA) is 17.1 Å². The Labute approximate surface area is 155 Å². The van der Waals surface area contributed by atoms with E-state index in [4.69, 9.17) is 0 Å². The Morgan fingerprint density at radius 3 is 1.60 bits per heavy atom. The highest BCUT2D eigenvalue weighted by Crippen LogP contribution is 2.44. The van der Waals surface area contributed by atoms with Crippen LogP contribution in [0.2, 0.25) is 0 Å². The van der Waals surface area contributed by atoms with Crippen LogP contribution in [-0.2, 0) is 4.57 Å². The van der Waals surface area contributed by atoms with Crippen molar-refractivity contribution in [2.24, 2.45) is 0 Å². The van der Waals surface area contributed by atoms with Crippen LogP contribution in [0.15, 0.2) is 102 Å². The SMILES string of the molecule is O=P(c1ccccc1)(c1ccccc1)c1ccc(Br)c2ccccc12. The van der Waals surface area contributed by atoms with Crippen molar-refractivity contribution in [2.45, 2.75) is 0 Å². The summed E-state index contributed by atoms with van der Waals surface area (Å²) in [6, 6.07) is 31.7.